The summed E-state index contributed by atoms with van der Waals surface area (Å²) in [6.45, 7) is 2.08. The van der Waals surface area contributed by atoms with Gasteiger partial charge in [-0.25, -0.2) is 4.39 Å². The first-order chi connectivity index (χ1) is 11.6. The maximum atomic E-state index is 13.1. The standard InChI is InChI=1S/C19H23FN2O2/c20-15-5-7-16(8-6-15)22-13-19(11-17(22)23)9-10-21(12-19)18(24)14-3-1-2-4-14/h5-8,14H,1-4,9-13H2/t19-/m1/s1. The van der Waals surface area contributed by atoms with Gasteiger partial charge in [0.25, 0.3) is 0 Å². The van der Waals surface area contributed by atoms with Crippen LogP contribution in [-0.4, -0.2) is 36.3 Å². The Morgan fingerprint density at radius 1 is 1.12 bits per heavy atom. The Kier molecular flexibility index (Phi) is 3.82. The number of hydrogen-bond donors (Lipinski definition) is 0. The van der Waals surface area contributed by atoms with Gasteiger partial charge in [0.15, 0.2) is 0 Å². The summed E-state index contributed by atoms with van der Waals surface area (Å²) in [5.74, 6) is 0.272. The molecule has 0 aromatic heterocycles. The zero-order chi connectivity index (χ0) is 16.7. The molecule has 1 atom stereocenters. The molecule has 3 aliphatic rings. The van der Waals surface area contributed by atoms with E-state index in [1.54, 1.807) is 17.0 Å². The number of benzene rings is 1. The number of likely N-dealkylation sites (tertiary alicyclic amines) is 1. The highest BCUT2D eigenvalue weighted by molar-refractivity contribution is 5.96. The van der Waals surface area contributed by atoms with Crippen molar-refractivity contribution in [3.8, 4) is 0 Å². The Morgan fingerprint density at radius 3 is 2.54 bits per heavy atom. The van der Waals surface area contributed by atoms with E-state index < -0.39 is 0 Å². The molecule has 128 valence electrons. The minimum atomic E-state index is -0.297. The van der Waals surface area contributed by atoms with E-state index in [0.717, 1.165) is 44.3 Å². The first-order valence-electron chi connectivity index (χ1n) is 8.91. The maximum absolute atomic E-state index is 13.1. The molecule has 0 N–H and O–H groups in total. The van der Waals surface area contributed by atoms with Crippen molar-refractivity contribution in [2.24, 2.45) is 11.3 Å². The summed E-state index contributed by atoms with van der Waals surface area (Å²) in [6, 6.07) is 6.08. The summed E-state index contributed by atoms with van der Waals surface area (Å²) in [5, 5.41) is 0. The monoisotopic (exact) mass is 330 g/mol. The normalized spacial score (nSPS) is 27.6. The van der Waals surface area contributed by atoms with Crippen LogP contribution in [0.2, 0.25) is 0 Å². The molecule has 2 amide bonds. The molecule has 5 heteroatoms. The molecule has 2 heterocycles. The number of amides is 2. The Bertz CT molecular complexity index is 654. The molecule has 1 saturated carbocycles. The predicted molar refractivity (Wildman–Crippen MR) is 89.0 cm³/mol. The van der Waals surface area contributed by atoms with E-state index in [-0.39, 0.29) is 29.0 Å². The Balaban J connectivity index is 1.46. The zero-order valence-electron chi connectivity index (χ0n) is 13.8. The molecule has 0 unspecified atom stereocenters. The zero-order valence-corrected chi connectivity index (χ0v) is 13.8. The first-order valence-corrected chi connectivity index (χ1v) is 8.91. The van der Waals surface area contributed by atoms with Crippen molar-refractivity contribution >= 4 is 17.5 Å². The molecule has 0 bridgehead atoms. The number of halogens is 1. The molecular weight excluding hydrogens is 307 g/mol. The maximum Gasteiger partial charge on any atom is 0.227 e. The van der Waals surface area contributed by atoms with Crippen molar-refractivity contribution in [2.45, 2.75) is 38.5 Å². The molecule has 1 aliphatic carbocycles. The third-order valence-corrected chi connectivity index (χ3v) is 5.91. The van der Waals surface area contributed by atoms with Gasteiger partial charge in [0, 0.05) is 43.1 Å². The van der Waals surface area contributed by atoms with Crippen molar-refractivity contribution in [3.05, 3.63) is 30.1 Å². The summed E-state index contributed by atoms with van der Waals surface area (Å²) >= 11 is 0. The van der Waals surface area contributed by atoms with Gasteiger partial charge in [-0.2, -0.15) is 0 Å². The lowest BCUT2D eigenvalue weighted by Gasteiger charge is -2.25. The fourth-order valence-electron chi connectivity index (χ4n) is 4.58. The number of anilines is 1. The van der Waals surface area contributed by atoms with Gasteiger partial charge >= 0.3 is 0 Å². The minimum Gasteiger partial charge on any atom is -0.342 e. The van der Waals surface area contributed by atoms with Crippen LogP contribution in [0.1, 0.15) is 38.5 Å². The number of carbonyl (C=O) groups is 2. The fourth-order valence-corrected chi connectivity index (χ4v) is 4.58. The van der Waals surface area contributed by atoms with Crippen LogP contribution in [0, 0.1) is 17.2 Å². The second kappa shape index (κ2) is 5.87. The van der Waals surface area contributed by atoms with E-state index in [2.05, 4.69) is 0 Å². The Labute approximate surface area is 141 Å². The van der Waals surface area contributed by atoms with E-state index in [0.29, 0.717) is 19.5 Å². The highest BCUT2D eigenvalue weighted by atomic mass is 19.1. The van der Waals surface area contributed by atoms with E-state index in [9.17, 15) is 14.0 Å². The summed E-state index contributed by atoms with van der Waals surface area (Å²) in [4.78, 5) is 28.9. The van der Waals surface area contributed by atoms with Crippen molar-refractivity contribution in [2.75, 3.05) is 24.5 Å². The quantitative estimate of drug-likeness (QED) is 0.836. The van der Waals surface area contributed by atoms with Gasteiger partial charge in [-0.05, 0) is 43.5 Å². The van der Waals surface area contributed by atoms with Gasteiger partial charge in [0.1, 0.15) is 5.82 Å². The van der Waals surface area contributed by atoms with Crippen LogP contribution >= 0.6 is 0 Å². The summed E-state index contributed by atoms with van der Waals surface area (Å²) < 4.78 is 13.1. The van der Waals surface area contributed by atoms with E-state index in [1.807, 2.05) is 4.90 Å². The Morgan fingerprint density at radius 2 is 1.83 bits per heavy atom. The third-order valence-electron chi connectivity index (χ3n) is 5.91. The molecule has 2 aliphatic heterocycles. The van der Waals surface area contributed by atoms with Crippen LogP contribution in [0.4, 0.5) is 10.1 Å². The second-order valence-electron chi connectivity index (χ2n) is 7.62. The highest BCUT2D eigenvalue weighted by Gasteiger charge is 2.49. The van der Waals surface area contributed by atoms with Gasteiger partial charge < -0.3 is 9.80 Å². The first kappa shape index (κ1) is 15.6. The van der Waals surface area contributed by atoms with Crippen LogP contribution in [0.15, 0.2) is 24.3 Å². The van der Waals surface area contributed by atoms with Gasteiger partial charge in [-0.1, -0.05) is 12.8 Å². The van der Waals surface area contributed by atoms with Crippen molar-refractivity contribution < 1.29 is 14.0 Å². The molecule has 1 aromatic carbocycles. The third kappa shape index (κ3) is 2.70. The number of nitrogens with zero attached hydrogens (tertiary/aromatic N) is 2. The average Bonchev–Trinajstić information content (AvgIpc) is 3.29. The SMILES string of the molecule is O=C(C1CCCC1)N1CC[C@@]2(CC(=O)N(c3ccc(F)cc3)C2)C1. The van der Waals surface area contributed by atoms with Crippen LogP contribution < -0.4 is 4.90 Å². The van der Waals surface area contributed by atoms with Crippen molar-refractivity contribution in [1.29, 1.82) is 0 Å². The average molecular weight is 330 g/mol. The van der Waals surface area contributed by atoms with E-state index >= 15 is 0 Å². The molecule has 24 heavy (non-hydrogen) atoms. The fraction of sp³-hybridized carbons (Fsp3) is 0.579. The van der Waals surface area contributed by atoms with Gasteiger partial charge in [0.05, 0.1) is 0 Å². The number of carbonyl (C=O) groups excluding carboxylic acids is 2. The number of hydrogen-bond acceptors (Lipinski definition) is 2. The molecule has 1 aromatic rings. The minimum absolute atomic E-state index is 0.0803. The predicted octanol–water partition coefficient (Wildman–Crippen LogP) is 2.97. The molecular formula is C19H23FN2O2. The second-order valence-corrected chi connectivity index (χ2v) is 7.62. The van der Waals surface area contributed by atoms with Crippen LogP contribution in [0.25, 0.3) is 0 Å². The molecule has 0 radical (unpaired) electrons. The van der Waals surface area contributed by atoms with Crippen LogP contribution in [-0.2, 0) is 9.59 Å². The summed E-state index contributed by atoms with van der Waals surface area (Å²) in [5.41, 5.74) is 0.624. The van der Waals surface area contributed by atoms with Gasteiger partial charge in [0.2, 0.25) is 11.8 Å². The highest BCUT2D eigenvalue weighted by Crippen LogP contribution is 2.42. The smallest absolute Gasteiger partial charge is 0.227 e. The molecule has 2 saturated heterocycles. The number of rotatable bonds is 2. The molecule has 4 nitrogen and oxygen atoms in total. The molecule has 1 spiro atoms. The largest absolute Gasteiger partial charge is 0.342 e. The molecule has 3 fully saturated rings. The van der Waals surface area contributed by atoms with Gasteiger partial charge in [-0.3, -0.25) is 9.59 Å². The van der Waals surface area contributed by atoms with Crippen LogP contribution in [0.3, 0.4) is 0 Å². The van der Waals surface area contributed by atoms with E-state index in [4.69, 9.17) is 0 Å². The van der Waals surface area contributed by atoms with Gasteiger partial charge in [-0.15, -0.1) is 0 Å². The van der Waals surface area contributed by atoms with E-state index in [1.165, 1.54) is 12.1 Å². The topological polar surface area (TPSA) is 40.6 Å². The lowest BCUT2D eigenvalue weighted by molar-refractivity contribution is -0.134. The molecule has 4 rings (SSSR count). The van der Waals surface area contributed by atoms with Crippen LogP contribution in [0.5, 0.6) is 0 Å². The Hall–Kier alpha value is -1.91. The lowest BCUT2D eigenvalue weighted by Crippen LogP contribution is -2.36. The lowest BCUT2D eigenvalue weighted by atomic mass is 9.86. The summed E-state index contributed by atoms with van der Waals surface area (Å²) in [7, 11) is 0. The van der Waals surface area contributed by atoms with Crippen molar-refractivity contribution in [1.82, 2.24) is 4.90 Å². The van der Waals surface area contributed by atoms with Crippen molar-refractivity contribution in [3.63, 3.8) is 0 Å². The summed E-state index contributed by atoms with van der Waals surface area (Å²) in [6.07, 6.45) is 5.72.